The number of nitrogens with zero attached hydrogens (tertiary/aromatic N) is 6. The van der Waals surface area contributed by atoms with Crippen LogP contribution in [0.5, 0.6) is 0 Å². The molecule has 16 heteroatoms. The molecular formula is C45H68FIN6O8. The van der Waals surface area contributed by atoms with Crippen LogP contribution in [-0.4, -0.2) is 142 Å². The lowest BCUT2D eigenvalue weighted by Crippen LogP contribution is -2.57. The zero-order chi connectivity index (χ0) is 44.6. The highest BCUT2D eigenvalue weighted by molar-refractivity contribution is 14.1. The maximum atomic E-state index is 14.4. The third-order valence-electron chi connectivity index (χ3n) is 12.7. The van der Waals surface area contributed by atoms with Crippen LogP contribution >= 0.6 is 22.6 Å². The second kappa shape index (κ2) is 21.8. The molecule has 2 saturated heterocycles. The molecule has 0 aliphatic carbocycles. The number of carbonyl (C=O) groups excluding carboxylic acids is 1. The summed E-state index contributed by atoms with van der Waals surface area (Å²) >= 11 is 1.87. The molecular weight excluding hydrogens is 898 g/mol. The molecule has 3 aromatic rings. The van der Waals surface area contributed by atoms with Crippen molar-refractivity contribution in [3.63, 3.8) is 0 Å². The van der Waals surface area contributed by atoms with Crippen molar-refractivity contribution in [1.29, 1.82) is 0 Å². The van der Waals surface area contributed by atoms with Crippen molar-refractivity contribution in [3.05, 3.63) is 65.7 Å². The summed E-state index contributed by atoms with van der Waals surface area (Å²) in [6.07, 6.45) is 4.60. The molecule has 2 aliphatic rings. The van der Waals surface area contributed by atoms with Gasteiger partial charge in [0, 0.05) is 56.0 Å². The van der Waals surface area contributed by atoms with E-state index in [-0.39, 0.29) is 24.7 Å². The van der Waals surface area contributed by atoms with E-state index in [9.17, 15) is 29.6 Å². The Labute approximate surface area is 374 Å². The summed E-state index contributed by atoms with van der Waals surface area (Å²) in [5, 5.41) is 52.5. The summed E-state index contributed by atoms with van der Waals surface area (Å²) in [6, 6.07) is 10.8. The first kappa shape index (κ1) is 49.3. The lowest BCUT2D eigenvalue weighted by molar-refractivity contribution is -0.253. The Balaban J connectivity index is 1.20. The molecule has 0 amide bonds. The van der Waals surface area contributed by atoms with Crippen LogP contribution in [-0.2, 0) is 38.5 Å². The highest BCUT2D eigenvalue weighted by Crippen LogP contribution is 2.34. The van der Waals surface area contributed by atoms with E-state index in [2.05, 4.69) is 27.2 Å². The first-order chi connectivity index (χ1) is 28.8. The second-order valence-electron chi connectivity index (χ2n) is 18.2. The molecule has 2 aliphatic heterocycles. The molecule has 61 heavy (non-hydrogen) atoms. The van der Waals surface area contributed by atoms with Gasteiger partial charge >= 0.3 is 5.97 Å². The molecule has 14 nitrogen and oxygen atoms in total. The maximum absolute atomic E-state index is 14.4. The van der Waals surface area contributed by atoms with Gasteiger partial charge in [0.25, 0.3) is 0 Å². The fourth-order valence-electron chi connectivity index (χ4n) is 8.60. The number of likely N-dealkylation sites (N-methyl/N-ethyl adjacent to an activating group) is 2. The van der Waals surface area contributed by atoms with Crippen LogP contribution in [0.2, 0.25) is 0 Å². The van der Waals surface area contributed by atoms with E-state index in [0.29, 0.717) is 57.3 Å². The highest BCUT2D eigenvalue weighted by atomic mass is 127. The van der Waals surface area contributed by atoms with Crippen molar-refractivity contribution in [2.75, 3.05) is 33.9 Å². The fraction of sp³-hybridized carbons (Fsp3) is 0.689. The van der Waals surface area contributed by atoms with E-state index < -0.39 is 64.5 Å². The van der Waals surface area contributed by atoms with Crippen molar-refractivity contribution < 1.29 is 43.8 Å². The van der Waals surface area contributed by atoms with Crippen LogP contribution in [0.4, 0.5) is 4.39 Å². The van der Waals surface area contributed by atoms with Gasteiger partial charge in [0.2, 0.25) is 0 Å². The molecule has 2 fully saturated rings. The van der Waals surface area contributed by atoms with Crippen molar-refractivity contribution in [3.8, 4) is 11.1 Å². The number of hydrogen-bond donors (Lipinski definition) is 4. The van der Waals surface area contributed by atoms with Gasteiger partial charge in [-0.25, -0.2) is 9.07 Å². The van der Waals surface area contributed by atoms with Crippen LogP contribution < -0.4 is 0 Å². The van der Waals surface area contributed by atoms with Crippen molar-refractivity contribution in [1.82, 2.24) is 29.8 Å². The van der Waals surface area contributed by atoms with E-state index in [1.165, 1.54) is 6.92 Å². The van der Waals surface area contributed by atoms with E-state index in [0.717, 1.165) is 28.8 Å². The lowest BCUT2D eigenvalue weighted by atomic mass is 9.84. The third kappa shape index (κ3) is 13.2. The standard InChI is InChI=1S/C45H68FIN6O8/c1-28-22-44(5,57)39(16-9-29(2)42(56)61-43(47)45(6,58)41(55)31(4)52(8)25-28)60-40-21-37(19-30(3)59-40)51(7)18-17-35-26-53(50-49-35)38(23-46)20-32-10-12-33(13-11-32)34-14-15-36(27-54)48-24-34/h10-15,24,26,28-31,37-41,43,54-55,57-58H,9,16-23,25,27H2,1-8H3/t28-,29-,30-,31-,37+,38+,39-,40+,41-,43+,44-,45+/m1/s1. The zero-order valence-electron chi connectivity index (χ0n) is 37.0. The Kier molecular flexibility index (Phi) is 17.6. The van der Waals surface area contributed by atoms with E-state index in [1.54, 1.807) is 30.8 Å². The van der Waals surface area contributed by atoms with Crippen LogP contribution in [0.1, 0.15) is 96.6 Å². The number of esters is 1. The summed E-state index contributed by atoms with van der Waals surface area (Å²) in [7, 11) is 3.94. The number of aliphatic hydroxyl groups is 4. The number of pyridine rings is 1. The van der Waals surface area contributed by atoms with Crippen molar-refractivity contribution >= 4 is 28.6 Å². The van der Waals surface area contributed by atoms with Crippen LogP contribution in [0.25, 0.3) is 11.1 Å². The van der Waals surface area contributed by atoms with Gasteiger partial charge in [0.1, 0.15) is 18.4 Å². The first-order valence-electron chi connectivity index (χ1n) is 21.6. The minimum atomic E-state index is -1.69. The fourth-order valence-corrected chi connectivity index (χ4v) is 9.22. The van der Waals surface area contributed by atoms with Crippen LogP contribution in [0.15, 0.2) is 48.8 Å². The average Bonchev–Trinajstić information content (AvgIpc) is 3.70. The lowest BCUT2D eigenvalue weighted by Gasteiger charge is -2.43. The number of hydrogen-bond acceptors (Lipinski definition) is 13. The number of benzene rings is 1. The highest BCUT2D eigenvalue weighted by Gasteiger charge is 2.45. The molecule has 4 N–H and O–H groups in total. The summed E-state index contributed by atoms with van der Waals surface area (Å²) in [6.45, 7) is 11.5. The molecule has 1 aromatic carbocycles. The SMILES string of the molecule is C[C@H]1CN(C)[C@H](C)[C@@H](O)[C@](C)(O)[C@@H](I)OC(=O)[C@H](C)CC[C@@H](O[C@H]2C[C@@H](N(C)CCc3cn([C@H](CF)Cc4ccc(-c5ccc(CO)nc5)cc4)nn3)C[C@@H](C)O2)[C@](C)(O)C1. The smallest absolute Gasteiger partial charge is 0.309 e. The summed E-state index contributed by atoms with van der Waals surface area (Å²) in [5.74, 6) is -1.05. The summed E-state index contributed by atoms with van der Waals surface area (Å²) in [4.78, 5) is 21.7. The number of cyclic esters (lactones) is 1. The molecule has 0 spiro atoms. The average molecular weight is 967 g/mol. The molecule has 5 rings (SSSR count). The van der Waals surface area contributed by atoms with Crippen LogP contribution in [0, 0.1) is 11.8 Å². The Morgan fingerprint density at radius 2 is 1.75 bits per heavy atom. The van der Waals surface area contributed by atoms with Crippen molar-refractivity contribution in [2.24, 2.45) is 11.8 Å². The second-order valence-corrected chi connectivity index (χ2v) is 19.3. The van der Waals surface area contributed by atoms with Crippen LogP contribution in [0.3, 0.4) is 0 Å². The van der Waals surface area contributed by atoms with Gasteiger partial charge in [-0.3, -0.25) is 9.78 Å². The zero-order valence-corrected chi connectivity index (χ0v) is 39.2. The number of carbonyl (C=O) groups is 1. The Bertz CT molecular complexity index is 1820. The largest absolute Gasteiger partial charge is 0.448 e. The minimum Gasteiger partial charge on any atom is -0.448 e. The Hall–Kier alpha value is -2.68. The van der Waals surface area contributed by atoms with Gasteiger partial charge in [-0.1, -0.05) is 49.4 Å². The number of aliphatic hydroxyl groups excluding tert-OH is 2. The summed E-state index contributed by atoms with van der Waals surface area (Å²) in [5.41, 5.74) is 1.32. The van der Waals surface area contributed by atoms with Gasteiger partial charge in [-0.2, -0.15) is 0 Å². The molecule has 0 bridgehead atoms. The molecule has 0 saturated carbocycles. The number of ether oxygens (including phenoxy) is 3. The number of aromatic nitrogens is 4. The van der Waals surface area contributed by atoms with Gasteiger partial charge in [-0.05, 0) is 120 Å². The monoisotopic (exact) mass is 966 g/mol. The summed E-state index contributed by atoms with van der Waals surface area (Å²) < 4.78 is 33.8. The minimum absolute atomic E-state index is 0.00271. The van der Waals surface area contributed by atoms with E-state index >= 15 is 0 Å². The Morgan fingerprint density at radius 3 is 2.41 bits per heavy atom. The molecule has 0 unspecified atom stereocenters. The topological polar surface area (TPSA) is 176 Å². The molecule has 340 valence electrons. The number of halogens is 2. The third-order valence-corrected chi connectivity index (χ3v) is 14.2. The first-order valence-corrected chi connectivity index (χ1v) is 22.9. The Morgan fingerprint density at radius 1 is 1.05 bits per heavy atom. The van der Waals surface area contributed by atoms with E-state index in [1.807, 2.05) is 91.8 Å². The maximum Gasteiger partial charge on any atom is 0.309 e. The number of rotatable bonds is 12. The van der Waals surface area contributed by atoms with E-state index in [4.69, 9.17) is 14.2 Å². The number of alkyl halides is 2. The molecule has 12 atom stereocenters. The normalized spacial score (nSPS) is 33.2. The van der Waals surface area contributed by atoms with Gasteiger partial charge in [-0.15, -0.1) is 5.10 Å². The van der Waals surface area contributed by atoms with Gasteiger partial charge in [0.05, 0.1) is 47.8 Å². The molecule has 4 heterocycles. The molecule has 2 aromatic heterocycles. The van der Waals surface area contributed by atoms with Crippen molar-refractivity contribution in [2.45, 2.75) is 151 Å². The predicted molar refractivity (Wildman–Crippen MR) is 238 cm³/mol. The predicted octanol–water partition coefficient (Wildman–Crippen LogP) is 5.28. The quantitative estimate of drug-likeness (QED) is 0.105. The molecule has 0 radical (unpaired) electrons. The van der Waals surface area contributed by atoms with Gasteiger partial charge < -0.3 is 44.4 Å². The van der Waals surface area contributed by atoms with Gasteiger partial charge in [0.15, 0.2) is 10.4 Å².